The van der Waals surface area contributed by atoms with Crippen molar-refractivity contribution in [1.82, 2.24) is 0 Å². The fourth-order valence-electron chi connectivity index (χ4n) is 2.04. The summed E-state index contributed by atoms with van der Waals surface area (Å²) < 4.78 is 13.3. The number of hydrogen-bond donors (Lipinski definition) is 0. The van der Waals surface area contributed by atoms with Gasteiger partial charge >= 0.3 is 0 Å². The Morgan fingerprint density at radius 1 is 1.44 bits per heavy atom. The fourth-order valence-corrected chi connectivity index (χ4v) is 3.25. The van der Waals surface area contributed by atoms with Gasteiger partial charge in [-0.15, -0.1) is 0 Å². The van der Waals surface area contributed by atoms with Gasteiger partial charge in [-0.2, -0.15) is 0 Å². The highest BCUT2D eigenvalue weighted by molar-refractivity contribution is 9.09. The van der Waals surface area contributed by atoms with E-state index in [1.54, 1.807) is 6.92 Å². The third-order valence-electron chi connectivity index (χ3n) is 3.40. The van der Waals surface area contributed by atoms with Crippen molar-refractivity contribution >= 4 is 27.5 Å². The molecule has 2 unspecified atom stereocenters. The van der Waals surface area contributed by atoms with Crippen molar-refractivity contribution in [2.24, 2.45) is 11.8 Å². The minimum Gasteiger partial charge on any atom is -0.207 e. The third kappa shape index (κ3) is 2.43. The Labute approximate surface area is 109 Å². The van der Waals surface area contributed by atoms with Crippen LogP contribution in [0.1, 0.15) is 35.7 Å². The van der Waals surface area contributed by atoms with Crippen LogP contribution in [-0.2, 0) is 0 Å². The number of hydrogen-bond acceptors (Lipinski definition) is 0. The maximum atomic E-state index is 13.3. The molecule has 1 aromatic carbocycles. The van der Waals surface area contributed by atoms with Crippen LogP contribution in [0.25, 0.3) is 0 Å². The lowest BCUT2D eigenvalue weighted by Crippen LogP contribution is -2.07. The molecule has 0 nitrogen and oxygen atoms in total. The Hall–Kier alpha value is -0.0800. The van der Waals surface area contributed by atoms with Crippen molar-refractivity contribution in [2.45, 2.75) is 31.5 Å². The predicted molar refractivity (Wildman–Crippen MR) is 69.7 cm³/mol. The van der Waals surface area contributed by atoms with E-state index >= 15 is 0 Å². The molecule has 0 radical (unpaired) electrons. The van der Waals surface area contributed by atoms with E-state index in [4.69, 9.17) is 11.6 Å². The fraction of sp³-hybridized carbons (Fsp3) is 0.538. The summed E-state index contributed by atoms with van der Waals surface area (Å²) in [5, 5.41) is 0.525. The van der Waals surface area contributed by atoms with Crippen LogP contribution in [0.3, 0.4) is 0 Å². The SMILES string of the molecule is Cc1cc(C(Br)C(C)C2CC2)c(Cl)cc1F. The number of rotatable bonds is 3. The van der Waals surface area contributed by atoms with Crippen LogP contribution in [0.2, 0.25) is 5.02 Å². The summed E-state index contributed by atoms with van der Waals surface area (Å²) in [5.41, 5.74) is 1.67. The van der Waals surface area contributed by atoms with Gasteiger partial charge in [0.2, 0.25) is 0 Å². The zero-order valence-electron chi connectivity index (χ0n) is 9.43. The van der Waals surface area contributed by atoms with Gasteiger partial charge in [0.1, 0.15) is 5.82 Å². The lowest BCUT2D eigenvalue weighted by Gasteiger charge is -2.20. The van der Waals surface area contributed by atoms with E-state index in [9.17, 15) is 4.39 Å². The molecule has 1 aliphatic carbocycles. The molecule has 3 heteroatoms. The summed E-state index contributed by atoms with van der Waals surface area (Å²) in [5.74, 6) is 1.13. The summed E-state index contributed by atoms with van der Waals surface area (Å²) in [7, 11) is 0. The Balaban J connectivity index is 2.28. The second kappa shape index (κ2) is 4.66. The van der Waals surface area contributed by atoms with Gasteiger partial charge in [-0.25, -0.2) is 4.39 Å². The maximum Gasteiger partial charge on any atom is 0.127 e. The second-order valence-corrected chi connectivity index (χ2v) is 6.11. The molecule has 0 amide bonds. The molecule has 1 aliphatic rings. The van der Waals surface area contributed by atoms with Gasteiger partial charge in [-0.1, -0.05) is 40.5 Å². The average Bonchev–Trinajstić information content (AvgIpc) is 3.05. The first-order valence-corrected chi connectivity index (χ1v) is 6.89. The number of aryl methyl sites for hydroxylation is 1. The molecule has 2 atom stereocenters. The lowest BCUT2D eigenvalue weighted by molar-refractivity contribution is 0.502. The molecule has 0 heterocycles. The quantitative estimate of drug-likeness (QED) is 0.667. The van der Waals surface area contributed by atoms with Gasteiger partial charge in [-0.05, 0) is 48.8 Å². The first kappa shape index (κ1) is 12.4. The first-order valence-electron chi connectivity index (χ1n) is 5.60. The van der Waals surface area contributed by atoms with Gasteiger partial charge in [0, 0.05) is 9.85 Å². The molecule has 1 aromatic rings. The van der Waals surface area contributed by atoms with E-state index in [1.165, 1.54) is 18.9 Å². The smallest absolute Gasteiger partial charge is 0.127 e. The lowest BCUT2D eigenvalue weighted by atomic mass is 9.95. The highest BCUT2D eigenvalue weighted by atomic mass is 79.9. The molecule has 88 valence electrons. The van der Waals surface area contributed by atoms with E-state index in [0.29, 0.717) is 16.5 Å². The van der Waals surface area contributed by atoms with E-state index in [0.717, 1.165) is 11.5 Å². The molecule has 0 aromatic heterocycles. The molecule has 0 N–H and O–H groups in total. The van der Waals surface area contributed by atoms with Crippen LogP contribution in [0.4, 0.5) is 4.39 Å². The van der Waals surface area contributed by atoms with E-state index < -0.39 is 0 Å². The normalized spacial score (nSPS) is 19.6. The Morgan fingerprint density at radius 3 is 2.62 bits per heavy atom. The number of halogens is 3. The standard InChI is InChI=1S/C13H15BrClF/c1-7-5-10(11(15)6-12(7)16)13(14)8(2)9-3-4-9/h5-6,8-9,13H,3-4H2,1-2H3. The van der Waals surface area contributed by atoms with Gasteiger partial charge in [0.05, 0.1) is 0 Å². The van der Waals surface area contributed by atoms with Crippen LogP contribution in [0.5, 0.6) is 0 Å². The molecule has 1 saturated carbocycles. The first-order chi connectivity index (χ1) is 7.50. The van der Waals surface area contributed by atoms with Gasteiger partial charge < -0.3 is 0 Å². The minimum atomic E-state index is -0.229. The highest BCUT2D eigenvalue weighted by Crippen LogP contribution is 2.47. The molecule has 0 bridgehead atoms. The predicted octanol–water partition coefficient (Wildman–Crippen LogP) is 5.27. The van der Waals surface area contributed by atoms with Gasteiger partial charge in [0.25, 0.3) is 0 Å². The van der Waals surface area contributed by atoms with Crippen molar-refractivity contribution in [1.29, 1.82) is 0 Å². The van der Waals surface area contributed by atoms with E-state index in [2.05, 4.69) is 22.9 Å². The maximum absolute atomic E-state index is 13.3. The Bertz CT molecular complexity index is 401. The molecule has 0 spiro atoms. The third-order valence-corrected chi connectivity index (χ3v) is 5.06. The van der Waals surface area contributed by atoms with Crippen LogP contribution in [0.15, 0.2) is 12.1 Å². The molecular formula is C13H15BrClF. The van der Waals surface area contributed by atoms with Crippen LogP contribution in [-0.4, -0.2) is 0 Å². The summed E-state index contributed by atoms with van der Waals surface area (Å²) in [4.78, 5) is 0.229. The number of benzene rings is 1. The molecule has 0 aliphatic heterocycles. The van der Waals surface area contributed by atoms with Crippen molar-refractivity contribution in [3.05, 3.63) is 34.1 Å². The van der Waals surface area contributed by atoms with E-state index in [-0.39, 0.29) is 10.6 Å². The summed E-state index contributed by atoms with van der Waals surface area (Å²) >= 11 is 9.79. The van der Waals surface area contributed by atoms with Crippen molar-refractivity contribution in [3.8, 4) is 0 Å². The molecule has 2 rings (SSSR count). The number of alkyl halides is 1. The van der Waals surface area contributed by atoms with Crippen molar-refractivity contribution in [2.75, 3.05) is 0 Å². The highest BCUT2D eigenvalue weighted by Gasteiger charge is 2.33. The zero-order valence-corrected chi connectivity index (χ0v) is 11.8. The van der Waals surface area contributed by atoms with Crippen molar-refractivity contribution < 1.29 is 4.39 Å². The van der Waals surface area contributed by atoms with Gasteiger partial charge in [0.15, 0.2) is 0 Å². The molecule has 1 fully saturated rings. The van der Waals surface area contributed by atoms with Crippen molar-refractivity contribution in [3.63, 3.8) is 0 Å². The largest absolute Gasteiger partial charge is 0.207 e. The van der Waals surface area contributed by atoms with Crippen LogP contribution in [0, 0.1) is 24.6 Å². The Morgan fingerprint density at radius 2 is 2.06 bits per heavy atom. The molecular weight excluding hydrogens is 290 g/mol. The molecule has 16 heavy (non-hydrogen) atoms. The van der Waals surface area contributed by atoms with Crippen LogP contribution >= 0.6 is 27.5 Å². The topological polar surface area (TPSA) is 0 Å². The summed E-state index contributed by atoms with van der Waals surface area (Å²) in [6, 6.07) is 3.27. The van der Waals surface area contributed by atoms with Gasteiger partial charge in [-0.3, -0.25) is 0 Å². The Kier molecular flexibility index (Phi) is 3.60. The monoisotopic (exact) mass is 304 g/mol. The summed E-state index contributed by atoms with van der Waals surface area (Å²) in [6.45, 7) is 4.00. The zero-order chi connectivity index (χ0) is 11.9. The minimum absolute atomic E-state index is 0.229. The second-order valence-electron chi connectivity index (χ2n) is 4.72. The summed E-state index contributed by atoms with van der Waals surface area (Å²) in [6.07, 6.45) is 2.61. The van der Waals surface area contributed by atoms with E-state index in [1.807, 2.05) is 6.07 Å². The molecule has 0 saturated heterocycles. The van der Waals surface area contributed by atoms with Crippen LogP contribution < -0.4 is 0 Å². The average molecular weight is 306 g/mol.